The first-order valence-corrected chi connectivity index (χ1v) is 13.9. The van der Waals surface area contributed by atoms with Gasteiger partial charge in [-0.1, -0.05) is 121 Å². The molecule has 0 spiro atoms. The second kappa shape index (κ2) is 8.87. The molecule has 182 valence electrons. The lowest BCUT2D eigenvalue weighted by atomic mass is 9.96. The Morgan fingerprint density at radius 2 is 1.08 bits per heavy atom. The number of hydrogen-bond acceptors (Lipinski definition) is 3. The van der Waals surface area contributed by atoms with E-state index < -0.39 is 0 Å². The van der Waals surface area contributed by atoms with Gasteiger partial charge >= 0.3 is 0 Å². The molecule has 0 radical (unpaired) electrons. The quantitative estimate of drug-likeness (QED) is 0.234. The molecule has 0 fully saturated rings. The normalized spacial score (nSPS) is 11.6. The molecule has 0 bridgehead atoms. The maximum absolute atomic E-state index is 5.04. The maximum Gasteiger partial charge on any atom is 0.160 e. The Hall–Kier alpha value is -4.86. The fourth-order valence-corrected chi connectivity index (χ4v) is 6.84. The lowest BCUT2D eigenvalue weighted by molar-refractivity contribution is 1.23. The lowest BCUT2D eigenvalue weighted by Gasteiger charge is -2.11. The fraction of sp³-hybridized carbons (Fsp3) is 0. The number of aromatic nitrogens is 2. The Labute approximate surface area is 229 Å². The summed E-state index contributed by atoms with van der Waals surface area (Å²) >= 11 is 1.88. The van der Waals surface area contributed by atoms with Gasteiger partial charge in [0.15, 0.2) is 5.82 Å². The molecule has 0 aliphatic carbocycles. The van der Waals surface area contributed by atoms with Crippen LogP contribution in [0, 0.1) is 0 Å². The van der Waals surface area contributed by atoms with Crippen molar-refractivity contribution in [2.24, 2.45) is 0 Å². The van der Waals surface area contributed by atoms with Crippen molar-refractivity contribution in [2.45, 2.75) is 0 Å². The summed E-state index contributed by atoms with van der Waals surface area (Å²) in [6.07, 6.45) is 0. The predicted octanol–water partition coefficient (Wildman–Crippen LogP) is 10.2. The summed E-state index contributed by atoms with van der Waals surface area (Å²) in [4.78, 5) is 9.97. The van der Waals surface area contributed by atoms with E-state index in [4.69, 9.17) is 9.97 Å². The van der Waals surface area contributed by atoms with E-state index >= 15 is 0 Å². The van der Waals surface area contributed by atoms with Crippen LogP contribution >= 0.6 is 11.3 Å². The zero-order valence-corrected chi connectivity index (χ0v) is 21.8. The molecule has 39 heavy (non-hydrogen) atoms. The van der Waals surface area contributed by atoms with E-state index in [0.717, 1.165) is 33.5 Å². The summed E-state index contributed by atoms with van der Waals surface area (Å²) in [6, 6.07) is 47.1. The van der Waals surface area contributed by atoms with Gasteiger partial charge in [-0.3, -0.25) is 0 Å². The van der Waals surface area contributed by atoms with Crippen molar-refractivity contribution in [1.82, 2.24) is 9.97 Å². The average molecular weight is 515 g/mol. The zero-order valence-electron chi connectivity index (χ0n) is 21.0. The number of para-hydroxylation sites is 1. The van der Waals surface area contributed by atoms with Crippen LogP contribution < -0.4 is 0 Å². The Morgan fingerprint density at radius 1 is 0.410 bits per heavy atom. The first-order chi connectivity index (χ1) is 19.3. The van der Waals surface area contributed by atoms with Crippen LogP contribution in [-0.4, -0.2) is 9.97 Å². The molecule has 8 aromatic rings. The molecule has 0 N–H and O–H groups in total. The average Bonchev–Trinajstić information content (AvgIpc) is 3.40. The van der Waals surface area contributed by atoms with E-state index in [1.807, 2.05) is 29.5 Å². The number of nitrogens with zero attached hydrogens (tertiary/aromatic N) is 2. The molecule has 0 amide bonds. The van der Waals surface area contributed by atoms with Gasteiger partial charge in [-0.2, -0.15) is 0 Å². The highest BCUT2D eigenvalue weighted by atomic mass is 32.1. The van der Waals surface area contributed by atoms with Gasteiger partial charge in [-0.05, 0) is 28.6 Å². The molecule has 0 unspecified atom stereocenters. The first kappa shape index (κ1) is 22.2. The molecule has 0 saturated heterocycles. The second-order valence-electron chi connectivity index (χ2n) is 9.80. The van der Waals surface area contributed by atoms with Crippen LogP contribution in [0.5, 0.6) is 0 Å². The third kappa shape index (κ3) is 3.63. The van der Waals surface area contributed by atoms with Gasteiger partial charge in [0.2, 0.25) is 0 Å². The van der Waals surface area contributed by atoms with Crippen LogP contribution in [0.25, 0.3) is 75.6 Å². The summed E-state index contributed by atoms with van der Waals surface area (Å²) < 4.78 is 2.69. The van der Waals surface area contributed by atoms with Gasteiger partial charge in [0, 0.05) is 42.1 Å². The molecule has 3 heteroatoms. The summed E-state index contributed by atoms with van der Waals surface area (Å²) in [5, 5.41) is 6.31. The first-order valence-electron chi connectivity index (χ1n) is 13.1. The molecule has 0 aliphatic rings. The Kier molecular flexibility index (Phi) is 5.04. The summed E-state index contributed by atoms with van der Waals surface area (Å²) in [7, 11) is 0. The van der Waals surface area contributed by atoms with Crippen molar-refractivity contribution in [3.05, 3.63) is 133 Å². The minimum atomic E-state index is 0.740. The second-order valence-corrected chi connectivity index (χ2v) is 10.8. The van der Waals surface area contributed by atoms with Crippen molar-refractivity contribution >= 4 is 53.2 Å². The Bertz CT molecular complexity index is 2160. The standard InChI is InChI=1S/C36H22N2S/c1-2-9-24(10-3-1)34-31-12-4-6-15-32(31)37-36(38-34)25-19-17-23(18-20-25)26-13-8-14-29-27(26)21-22-30-28-11-5-7-16-33(28)39-35(29)30/h1-22H. The molecule has 8 rings (SSSR count). The van der Waals surface area contributed by atoms with E-state index in [9.17, 15) is 0 Å². The molecule has 2 aromatic heterocycles. The molecule has 0 atom stereocenters. The maximum atomic E-state index is 5.04. The van der Waals surface area contributed by atoms with Gasteiger partial charge in [-0.15, -0.1) is 11.3 Å². The van der Waals surface area contributed by atoms with Crippen molar-refractivity contribution in [3.8, 4) is 33.8 Å². The highest BCUT2D eigenvalue weighted by Gasteiger charge is 2.13. The summed E-state index contributed by atoms with van der Waals surface area (Å²) in [5.41, 5.74) is 6.44. The largest absolute Gasteiger partial charge is 0.228 e. The van der Waals surface area contributed by atoms with Gasteiger partial charge in [0.25, 0.3) is 0 Å². The SMILES string of the molecule is c1ccc(-c2nc(-c3ccc(-c4cccc5c4ccc4c6ccccc6sc54)cc3)nc3ccccc23)cc1. The van der Waals surface area contributed by atoms with Gasteiger partial charge in [0.1, 0.15) is 0 Å². The molecule has 0 saturated carbocycles. The molecular formula is C36H22N2S. The van der Waals surface area contributed by atoms with Gasteiger partial charge in [0.05, 0.1) is 11.2 Å². The fourth-order valence-electron chi connectivity index (χ4n) is 5.61. The minimum Gasteiger partial charge on any atom is -0.228 e. The van der Waals surface area contributed by atoms with Crippen molar-refractivity contribution in [2.75, 3.05) is 0 Å². The van der Waals surface area contributed by atoms with Gasteiger partial charge < -0.3 is 0 Å². The minimum absolute atomic E-state index is 0.740. The van der Waals surface area contributed by atoms with Crippen molar-refractivity contribution in [3.63, 3.8) is 0 Å². The van der Waals surface area contributed by atoms with Crippen LogP contribution in [0.1, 0.15) is 0 Å². The molecule has 6 aromatic carbocycles. The molecular weight excluding hydrogens is 492 g/mol. The lowest BCUT2D eigenvalue weighted by Crippen LogP contribution is -1.95. The van der Waals surface area contributed by atoms with Gasteiger partial charge in [-0.25, -0.2) is 9.97 Å². The van der Waals surface area contributed by atoms with E-state index in [2.05, 4.69) is 115 Å². The van der Waals surface area contributed by atoms with Crippen molar-refractivity contribution in [1.29, 1.82) is 0 Å². The van der Waals surface area contributed by atoms with E-state index in [1.54, 1.807) is 0 Å². The summed E-state index contributed by atoms with van der Waals surface area (Å²) in [6.45, 7) is 0. The topological polar surface area (TPSA) is 25.8 Å². The van der Waals surface area contributed by atoms with Crippen LogP contribution in [0.15, 0.2) is 133 Å². The number of fused-ring (bicyclic) bond motifs is 6. The van der Waals surface area contributed by atoms with Crippen LogP contribution in [0.4, 0.5) is 0 Å². The molecule has 2 heterocycles. The number of hydrogen-bond donors (Lipinski definition) is 0. The highest BCUT2D eigenvalue weighted by molar-refractivity contribution is 7.26. The van der Waals surface area contributed by atoms with Crippen LogP contribution in [0.3, 0.4) is 0 Å². The highest BCUT2D eigenvalue weighted by Crippen LogP contribution is 2.41. The monoisotopic (exact) mass is 514 g/mol. The third-order valence-corrected chi connectivity index (χ3v) is 8.73. The van der Waals surface area contributed by atoms with E-state index in [1.165, 1.54) is 42.1 Å². The Balaban J connectivity index is 1.25. The summed E-state index contributed by atoms with van der Waals surface area (Å²) in [5.74, 6) is 0.740. The number of rotatable bonds is 3. The van der Waals surface area contributed by atoms with E-state index in [0.29, 0.717) is 0 Å². The van der Waals surface area contributed by atoms with Crippen LogP contribution in [-0.2, 0) is 0 Å². The third-order valence-electron chi connectivity index (χ3n) is 7.51. The van der Waals surface area contributed by atoms with Crippen LogP contribution in [0.2, 0.25) is 0 Å². The smallest absolute Gasteiger partial charge is 0.160 e. The predicted molar refractivity (Wildman–Crippen MR) is 166 cm³/mol. The Morgan fingerprint density at radius 3 is 1.95 bits per heavy atom. The molecule has 2 nitrogen and oxygen atoms in total. The zero-order chi connectivity index (χ0) is 25.8. The molecule has 0 aliphatic heterocycles. The number of thiophene rings is 1. The van der Waals surface area contributed by atoms with Crippen molar-refractivity contribution < 1.29 is 0 Å². The van der Waals surface area contributed by atoms with E-state index in [-0.39, 0.29) is 0 Å². The number of benzene rings is 6.